The molecule has 12 heteroatoms. The van der Waals surface area contributed by atoms with Gasteiger partial charge in [-0.25, -0.2) is 4.79 Å². The van der Waals surface area contributed by atoms with Gasteiger partial charge in [0.05, 0.1) is 33.9 Å². The molecule has 1 unspecified atom stereocenters. The molecule has 2 aromatic rings. The highest BCUT2D eigenvalue weighted by atomic mass is 35.5. The van der Waals surface area contributed by atoms with Crippen LogP contribution in [0.2, 0.25) is 10.0 Å². The van der Waals surface area contributed by atoms with Crippen LogP contribution in [0.4, 0.5) is 4.79 Å². The van der Waals surface area contributed by atoms with Gasteiger partial charge in [-0.3, -0.25) is 19.4 Å². The largest absolute Gasteiger partial charge is 0.454 e. The molecule has 1 fully saturated rings. The predicted octanol–water partition coefficient (Wildman–Crippen LogP) is 3.25. The monoisotopic (exact) mass is 585 g/mol. The molecule has 6 rings (SSSR count). The molecule has 0 radical (unpaired) electrons. The summed E-state index contributed by atoms with van der Waals surface area (Å²) in [7, 11) is 1.63. The van der Waals surface area contributed by atoms with E-state index in [2.05, 4.69) is 10.2 Å². The van der Waals surface area contributed by atoms with Gasteiger partial charge in [0.2, 0.25) is 12.7 Å². The topological polar surface area (TPSA) is 94.7 Å². The van der Waals surface area contributed by atoms with Gasteiger partial charge in [-0.1, -0.05) is 41.4 Å². The maximum Gasteiger partial charge on any atom is 0.322 e. The van der Waals surface area contributed by atoms with E-state index in [1.165, 1.54) is 4.90 Å². The quantitative estimate of drug-likeness (QED) is 0.559. The zero-order chi connectivity index (χ0) is 28.0. The SMILES string of the molecule is CN1C(=O)NC(c2cccc(Cl)c2Cl)C2=C1CN(CCC(=O)N1CCN(Cc3ccc4c(c3)OCO4)CC1)C2=O. The average molecular weight is 586 g/mol. The molecule has 1 N–H and O–H groups in total. The smallest absolute Gasteiger partial charge is 0.322 e. The first-order valence-electron chi connectivity index (χ1n) is 13.2. The molecule has 4 amide bonds. The van der Waals surface area contributed by atoms with Gasteiger partial charge in [-0.15, -0.1) is 0 Å². The third-order valence-electron chi connectivity index (χ3n) is 7.89. The highest BCUT2D eigenvalue weighted by Gasteiger charge is 2.43. The second-order valence-corrected chi connectivity index (χ2v) is 11.1. The molecule has 0 saturated carbocycles. The van der Waals surface area contributed by atoms with Crippen LogP contribution in [0.15, 0.2) is 47.7 Å². The summed E-state index contributed by atoms with van der Waals surface area (Å²) < 4.78 is 10.9. The molecule has 1 saturated heterocycles. The Morgan fingerprint density at radius 1 is 1.05 bits per heavy atom. The first-order valence-corrected chi connectivity index (χ1v) is 13.9. The number of rotatable bonds is 6. The number of fused-ring (bicyclic) bond motifs is 1. The number of hydrogen-bond acceptors (Lipinski definition) is 6. The van der Waals surface area contributed by atoms with Gasteiger partial charge in [0.15, 0.2) is 11.5 Å². The van der Waals surface area contributed by atoms with Gasteiger partial charge < -0.3 is 24.6 Å². The van der Waals surface area contributed by atoms with Gasteiger partial charge >= 0.3 is 6.03 Å². The number of likely N-dealkylation sites (N-methyl/N-ethyl adjacent to an activating group) is 1. The minimum absolute atomic E-state index is 0.0115. The zero-order valence-electron chi connectivity index (χ0n) is 22.0. The number of carbonyl (C=O) groups is 3. The summed E-state index contributed by atoms with van der Waals surface area (Å²) in [5, 5.41) is 3.51. The summed E-state index contributed by atoms with van der Waals surface area (Å²) in [5.41, 5.74) is 2.77. The summed E-state index contributed by atoms with van der Waals surface area (Å²) >= 11 is 12.7. The fourth-order valence-electron chi connectivity index (χ4n) is 5.62. The maximum absolute atomic E-state index is 13.5. The number of amides is 4. The van der Waals surface area contributed by atoms with Crippen LogP contribution in [0.25, 0.3) is 0 Å². The van der Waals surface area contributed by atoms with Gasteiger partial charge in [-0.2, -0.15) is 0 Å². The van der Waals surface area contributed by atoms with E-state index < -0.39 is 6.04 Å². The van der Waals surface area contributed by atoms with E-state index in [4.69, 9.17) is 32.7 Å². The van der Waals surface area contributed by atoms with E-state index in [1.54, 1.807) is 30.1 Å². The Labute approximate surface area is 242 Å². The molecule has 0 aromatic heterocycles. The van der Waals surface area contributed by atoms with E-state index in [-0.39, 0.29) is 44.1 Å². The third kappa shape index (κ3) is 4.95. The molecule has 40 heavy (non-hydrogen) atoms. The Bertz CT molecular complexity index is 1410. The molecule has 10 nitrogen and oxygen atoms in total. The molecule has 0 spiro atoms. The van der Waals surface area contributed by atoms with Gasteiger partial charge in [0, 0.05) is 52.7 Å². The lowest BCUT2D eigenvalue weighted by Gasteiger charge is -2.35. The van der Waals surface area contributed by atoms with Gasteiger partial charge in [0.1, 0.15) is 0 Å². The minimum atomic E-state index is -0.712. The lowest BCUT2D eigenvalue weighted by Crippen LogP contribution is -2.48. The highest BCUT2D eigenvalue weighted by molar-refractivity contribution is 6.42. The summed E-state index contributed by atoms with van der Waals surface area (Å²) in [6, 6.07) is 10.1. The minimum Gasteiger partial charge on any atom is -0.454 e. The number of ether oxygens (including phenoxy) is 2. The van der Waals surface area contributed by atoms with Crippen molar-refractivity contribution in [1.29, 1.82) is 0 Å². The Hall–Kier alpha value is -3.47. The summed E-state index contributed by atoms with van der Waals surface area (Å²) in [6.45, 7) is 4.33. The van der Waals surface area contributed by atoms with E-state index in [0.29, 0.717) is 40.0 Å². The fourth-order valence-corrected chi connectivity index (χ4v) is 6.04. The molecular weight excluding hydrogens is 557 g/mol. The number of carbonyl (C=O) groups excluding carboxylic acids is 3. The maximum atomic E-state index is 13.5. The van der Waals surface area contributed by atoms with Crippen molar-refractivity contribution in [2.45, 2.75) is 19.0 Å². The molecule has 1 atom stereocenters. The molecular formula is C28H29Cl2N5O5. The molecule has 2 aromatic carbocycles. The van der Waals surface area contributed by atoms with Crippen LogP contribution in [-0.2, 0) is 16.1 Å². The lowest BCUT2D eigenvalue weighted by molar-refractivity contribution is -0.134. The van der Waals surface area contributed by atoms with E-state index in [9.17, 15) is 14.4 Å². The summed E-state index contributed by atoms with van der Waals surface area (Å²) in [5.74, 6) is 1.33. The van der Waals surface area contributed by atoms with Crippen molar-refractivity contribution in [1.82, 2.24) is 24.9 Å². The number of hydrogen-bond donors (Lipinski definition) is 1. The van der Waals surface area contributed by atoms with Crippen LogP contribution < -0.4 is 14.8 Å². The second kappa shape index (κ2) is 10.8. The van der Waals surface area contributed by atoms with Crippen LogP contribution in [0.1, 0.15) is 23.6 Å². The Morgan fingerprint density at radius 2 is 1.82 bits per heavy atom. The summed E-state index contributed by atoms with van der Waals surface area (Å²) in [4.78, 5) is 46.5. The Kier molecular flexibility index (Phi) is 7.24. The zero-order valence-corrected chi connectivity index (χ0v) is 23.5. The fraction of sp³-hybridized carbons (Fsp3) is 0.393. The van der Waals surface area contributed by atoms with Crippen molar-refractivity contribution in [2.75, 3.05) is 53.1 Å². The highest BCUT2D eigenvalue weighted by Crippen LogP contribution is 2.40. The standard InChI is InChI=1S/C28H29Cl2N5O5/c1-32-20-15-35(27(37)24(20)26(31-28(32)38)18-3-2-4-19(29)25(18)30)8-7-23(36)34-11-9-33(10-12-34)14-17-5-6-21-22(13-17)40-16-39-21/h2-6,13,26H,7-12,14-16H2,1H3,(H,31,38). The van der Waals surface area contributed by atoms with Gasteiger partial charge in [0.25, 0.3) is 5.91 Å². The summed E-state index contributed by atoms with van der Waals surface area (Å²) in [6.07, 6.45) is 0.210. The molecule has 4 aliphatic heterocycles. The number of urea groups is 1. The van der Waals surface area contributed by atoms with Crippen LogP contribution in [0.3, 0.4) is 0 Å². The molecule has 0 bridgehead atoms. The molecule has 4 aliphatic rings. The second-order valence-electron chi connectivity index (χ2n) is 10.3. The first kappa shape index (κ1) is 26.7. The number of piperazine rings is 1. The average Bonchev–Trinajstić information content (AvgIpc) is 3.55. The van der Waals surface area contributed by atoms with Gasteiger partial charge in [-0.05, 0) is 29.3 Å². The number of nitrogens with one attached hydrogen (secondary N) is 1. The van der Waals surface area contributed by atoms with Crippen molar-refractivity contribution in [2.24, 2.45) is 0 Å². The van der Waals surface area contributed by atoms with Crippen LogP contribution in [-0.4, -0.2) is 90.6 Å². The number of benzene rings is 2. The molecule has 4 heterocycles. The van der Waals surface area contributed by atoms with E-state index in [1.807, 2.05) is 23.1 Å². The van der Waals surface area contributed by atoms with Crippen molar-refractivity contribution in [3.63, 3.8) is 0 Å². The number of halogens is 2. The molecule has 210 valence electrons. The Balaban J connectivity index is 1.05. The van der Waals surface area contributed by atoms with Crippen molar-refractivity contribution in [3.8, 4) is 11.5 Å². The lowest BCUT2D eigenvalue weighted by atomic mass is 9.95. The van der Waals surface area contributed by atoms with E-state index >= 15 is 0 Å². The Morgan fingerprint density at radius 3 is 2.62 bits per heavy atom. The van der Waals surface area contributed by atoms with Crippen LogP contribution in [0, 0.1) is 0 Å². The van der Waals surface area contributed by atoms with Crippen molar-refractivity contribution in [3.05, 3.63) is 68.8 Å². The number of nitrogens with zero attached hydrogens (tertiary/aromatic N) is 4. The van der Waals surface area contributed by atoms with Crippen molar-refractivity contribution >= 4 is 41.0 Å². The molecule has 0 aliphatic carbocycles. The van der Waals surface area contributed by atoms with Crippen LogP contribution in [0.5, 0.6) is 11.5 Å². The first-order chi connectivity index (χ1) is 19.3. The normalized spacial score (nSPS) is 20.8. The third-order valence-corrected chi connectivity index (χ3v) is 8.72. The van der Waals surface area contributed by atoms with E-state index in [0.717, 1.165) is 36.7 Å². The van der Waals surface area contributed by atoms with Crippen molar-refractivity contribution < 1.29 is 23.9 Å². The van der Waals surface area contributed by atoms with Crippen LogP contribution >= 0.6 is 23.2 Å². The predicted molar refractivity (Wildman–Crippen MR) is 148 cm³/mol.